The maximum Gasteiger partial charge on any atom is 0.342 e. The molecule has 23 heavy (non-hydrogen) atoms. The van der Waals surface area contributed by atoms with E-state index in [1.807, 2.05) is 13.8 Å². The Morgan fingerprint density at radius 3 is 2.83 bits per heavy atom. The van der Waals surface area contributed by atoms with Crippen molar-refractivity contribution in [2.24, 2.45) is 11.3 Å². The second kappa shape index (κ2) is 5.20. The van der Waals surface area contributed by atoms with Gasteiger partial charge in [0.05, 0.1) is 0 Å². The number of esters is 2. The minimum Gasteiger partial charge on any atom is -0.462 e. The molecule has 4 atom stereocenters. The lowest BCUT2D eigenvalue weighted by Crippen LogP contribution is -2.59. The molecule has 5 heteroatoms. The molecule has 4 unspecified atom stereocenters. The van der Waals surface area contributed by atoms with Gasteiger partial charge in [0.15, 0.2) is 5.60 Å². The van der Waals surface area contributed by atoms with Gasteiger partial charge in [-0.2, -0.15) is 0 Å². The Balaban J connectivity index is 2.05. The molecule has 1 heterocycles. The molecule has 0 spiro atoms. The Labute approximate surface area is 136 Å². The molecule has 0 aromatic rings. The van der Waals surface area contributed by atoms with Gasteiger partial charge in [-0.15, -0.1) is 0 Å². The van der Waals surface area contributed by atoms with Gasteiger partial charge in [-0.05, 0) is 43.3 Å². The zero-order chi connectivity index (χ0) is 17.0. The van der Waals surface area contributed by atoms with Crippen LogP contribution in [-0.4, -0.2) is 35.4 Å². The van der Waals surface area contributed by atoms with Crippen LogP contribution in [0.25, 0.3) is 0 Å². The minimum absolute atomic E-state index is 0.0942. The molecule has 0 saturated heterocycles. The van der Waals surface area contributed by atoms with Gasteiger partial charge in [-0.25, -0.2) is 4.79 Å². The van der Waals surface area contributed by atoms with Gasteiger partial charge in [0.1, 0.15) is 12.7 Å². The number of hydrogen-bond acceptors (Lipinski definition) is 5. The average molecular weight is 320 g/mol. The number of hydrogen-bond donors (Lipinski definition) is 1. The number of carbonyl (C=O) groups is 2. The maximum absolute atomic E-state index is 12.3. The van der Waals surface area contributed by atoms with Crippen LogP contribution in [-0.2, 0) is 19.1 Å². The van der Waals surface area contributed by atoms with Crippen LogP contribution in [0, 0.1) is 11.3 Å². The van der Waals surface area contributed by atoms with Crippen LogP contribution >= 0.6 is 0 Å². The Morgan fingerprint density at radius 2 is 2.17 bits per heavy atom. The van der Waals surface area contributed by atoms with Gasteiger partial charge in [-0.3, -0.25) is 4.79 Å². The van der Waals surface area contributed by atoms with E-state index in [1.54, 1.807) is 0 Å². The summed E-state index contributed by atoms with van der Waals surface area (Å²) >= 11 is 0. The van der Waals surface area contributed by atoms with Crippen molar-refractivity contribution in [3.63, 3.8) is 0 Å². The van der Waals surface area contributed by atoms with E-state index in [2.05, 4.69) is 6.58 Å². The van der Waals surface area contributed by atoms with Crippen LogP contribution in [0.4, 0.5) is 0 Å². The standard InChI is InChI=1S/C18H24O5/c1-10-5-6-15(23-12(3)19)17(4)9-18(21)14(7-13(10)17)11(2)8-22-16(18)20/h13,15,21H,1,5-9H2,2-4H3. The van der Waals surface area contributed by atoms with E-state index in [0.717, 1.165) is 23.1 Å². The lowest BCUT2D eigenvalue weighted by molar-refractivity contribution is -0.182. The first-order valence-corrected chi connectivity index (χ1v) is 8.12. The second-order valence-corrected chi connectivity index (χ2v) is 7.43. The summed E-state index contributed by atoms with van der Waals surface area (Å²) in [5.41, 5.74) is 0.661. The normalized spacial score (nSPS) is 40.2. The number of ether oxygens (including phenoxy) is 2. The van der Waals surface area contributed by atoms with Crippen molar-refractivity contribution >= 4 is 11.9 Å². The fourth-order valence-corrected chi connectivity index (χ4v) is 4.65. The first-order chi connectivity index (χ1) is 10.7. The molecule has 126 valence electrons. The molecular formula is C18H24O5. The molecule has 2 fully saturated rings. The molecule has 2 aliphatic carbocycles. The number of aliphatic hydroxyl groups is 1. The monoisotopic (exact) mass is 320 g/mol. The summed E-state index contributed by atoms with van der Waals surface area (Å²) in [5, 5.41) is 11.1. The van der Waals surface area contributed by atoms with Crippen LogP contribution < -0.4 is 0 Å². The van der Waals surface area contributed by atoms with Gasteiger partial charge < -0.3 is 14.6 Å². The van der Waals surface area contributed by atoms with Crippen molar-refractivity contribution in [3.8, 4) is 0 Å². The fourth-order valence-electron chi connectivity index (χ4n) is 4.65. The summed E-state index contributed by atoms with van der Waals surface area (Å²) < 4.78 is 10.7. The SMILES string of the molecule is C=C1CCC(OC(C)=O)C2(C)CC3(O)C(=O)OCC(C)=C3CC12. The zero-order valence-electron chi connectivity index (χ0n) is 14.0. The van der Waals surface area contributed by atoms with Crippen molar-refractivity contribution in [1.29, 1.82) is 0 Å². The average Bonchev–Trinajstić information content (AvgIpc) is 2.45. The summed E-state index contributed by atoms with van der Waals surface area (Å²) in [6, 6.07) is 0. The Kier molecular flexibility index (Phi) is 3.67. The van der Waals surface area contributed by atoms with E-state index in [9.17, 15) is 14.7 Å². The summed E-state index contributed by atoms with van der Waals surface area (Å²) in [5.74, 6) is -0.828. The molecule has 0 radical (unpaired) electrons. The Bertz CT molecular complexity index is 619. The number of cyclic esters (lactones) is 1. The van der Waals surface area contributed by atoms with E-state index in [1.165, 1.54) is 6.92 Å². The molecule has 1 N–H and O–H groups in total. The van der Waals surface area contributed by atoms with E-state index in [4.69, 9.17) is 9.47 Å². The molecule has 5 nitrogen and oxygen atoms in total. The summed E-state index contributed by atoms with van der Waals surface area (Å²) in [7, 11) is 0. The third kappa shape index (κ3) is 2.33. The highest BCUT2D eigenvalue weighted by molar-refractivity contribution is 5.85. The van der Waals surface area contributed by atoms with Gasteiger partial charge in [0.25, 0.3) is 0 Å². The van der Waals surface area contributed by atoms with Crippen LogP contribution in [0.15, 0.2) is 23.3 Å². The summed E-state index contributed by atoms with van der Waals surface area (Å²) in [4.78, 5) is 23.8. The highest BCUT2D eigenvalue weighted by atomic mass is 16.6. The van der Waals surface area contributed by atoms with Crippen molar-refractivity contribution in [3.05, 3.63) is 23.3 Å². The highest BCUT2D eigenvalue weighted by Crippen LogP contribution is 2.58. The van der Waals surface area contributed by atoms with E-state index in [-0.39, 0.29) is 31.0 Å². The Hall–Kier alpha value is -1.62. The predicted molar refractivity (Wildman–Crippen MR) is 83.4 cm³/mol. The molecule has 1 aliphatic heterocycles. The molecular weight excluding hydrogens is 296 g/mol. The third-order valence-electron chi connectivity index (χ3n) is 5.88. The first-order valence-electron chi connectivity index (χ1n) is 8.12. The van der Waals surface area contributed by atoms with E-state index in [0.29, 0.717) is 12.8 Å². The van der Waals surface area contributed by atoms with Crippen molar-refractivity contribution in [2.45, 2.75) is 58.2 Å². The first kappa shape index (κ1) is 16.2. The second-order valence-electron chi connectivity index (χ2n) is 7.43. The van der Waals surface area contributed by atoms with Gasteiger partial charge in [-0.1, -0.05) is 19.1 Å². The van der Waals surface area contributed by atoms with Crippen LogP contribution in [0.3, 0.4) is 0 Å². The van der Waals surface area contributed by atoms with Crippen LogP contribution in [0.1, 0.15) is 46.5 Å². The van der Waals surface area contributed by atoms with E-state index >= 15 is 0 Å². The third-order valence-corrected chi connectivity index (χ3v) is 5.88. The number of allylic oxidation sites excluding steroid dienone is 1. The molecule has 0 amide bonds. The minimum atomic E-state index is -1.61. The topological polar surface area (TPSA) is 72.8 Å². The predicted octanol–water partition coefficient (Wildman–Crippen LogP) is 2.29. The summed E-state index contributed by atoms with van der Waals surface area (Å²) in [6.07, 6.45) is 1.93. The molecule has 0 bridgehead atoms. The van der Waals surface area contributed by atoms with Crippen molar-refractivity contribution in [2.75, 3.05) is 6.61 Å². The number of fused-ring (bicyclic) bond motifs is 2. The molecule has 0 aromatic heterocycles. The molecule has 3 aliphatic rings. The molecule has 2 saturated carbocycles. The number of rotatable bonds is 1. The van der Waals surface area contributed by atoms with Gasteiger partial charge >= 0.3 is 11.9 Å². The number of carbonyl (C=O) groups excluding carboxylic acids is 2. The lowest BCUT2D eigenvalue weighted by Gasteiger charge is -2.55. The van der Waals surface area contributed by atoms with Gasteiger partial charge in [0.2, 0.25) is 0 Å². The highest BCUT2D eigenvalue weighted by Gasteiger charge is 2.60. The quantitative estimate of drug-likeness (QED) is 0.593. The zero-order valence-corrected chi connectivity index (χ0v) is 14.0. The van der Waals surface area contributed by atoms with Crippen molar-refractivity contribution in [1.82, 2.24) is 0 Å². The lowest BCUT2D eigenvalue weighted by atomic mass is 9.52. The molecule has 0 aromatic carbocycles. The fraction of sp³-hybridized carbons (Fsp3) is 0.667. The van der Waals surface area contributed by atoms with Gasteiger partial charge in [0, 0.05) is 18.8 Å². The maximum atomic E-state index is 12.3. The van der Waals surface area contributed by atoms with Crippen molar-refractivity contribution < 1.29 is 24.2 Å². The Morgan fingerprint density at radius 1 is 1.48 bits per heavy atom. The van der Waals surface area contributed by atoms with E-state index < -0.39 is 17.0 Å². The van der Waals surface area contributed by atoms with Crippen LogP contribution in [0.5, 0.6) is 0 Å². The largest absolute Gasteiger partial charge is 0.462 e. The molecule has 3 rings (SSSR count). The smallest absolute Gasteiger partial charge is 0.342 e. The summed E-state index contributed by atoms with van der Waals surface area (Å²) in [6.45, 7) is 9.71. The van der Waals surface area contributed by atoms with Crippen LogP contribution in [0.2, 0.25) is 0 Å².